The van der Waals surface area contributed by atoms with Crippen LogP contribution in [0.5, 0.6) is 17.2 Å². The summed E-state index contributed by atoms with van der Waals surface area (Å²) in [6.07, 6.45) is 3.61. The number of aromatic nitrogens is 4. The fraction of sp³-hybridized carbons (Fsp3) is 0.286. The lowest BCUT2D eigenvalue weighted by molar-refractivity contribution is 0.324. The molecule has 0 spiro atoms. The summed E-state index contributed by atoms with van der Waals surface area (Å²) in [4.78, 5) is 14.8. The molecule has 0 fully saturated rings. The van der Waals surface area contributed by atoms with Crippen molar-refractivity contribution in [2.75, 3.05) is 26.6 Å². The van der Waals surface area contributed by atoms with Gasteiger partial charge in [0.15, 0.2) is 11.5 Å². The smallest absolute Gasteiger partial charge is 0.203 e. The number of nitrogens with one attached hydrogen (secondary N) is 1. The molecule has 0 atom stereocenters. The van der Waals surface area contributed by atoms with Crippen LogP contribution in [-0.4, -0.2) is 40.8 Å². The SMILES string of the molecule is COc1cc(-n2cnc(Nc3nc(C(C)C)nc4sccc34)c2)cc(OC)c1OC. The van der Waals surface area contributed by atoms with Crippen molar-refractivity contribution < 1.29 is 14.2 Å². The van der Waals surface area contributed by atoms with Gasteiger partial charge in [-0.1, -0.05) is 13.8 Å². The second-order valence-electron chi connectivity index (χ2n) is 6.90. The molecule has 0 aliphatic rings. The van der Waals surface area contributed by atoms with Gasteiger partial charge in [0.1, 0.15) is 28.6 Å². The van der Waals surface area contributed by atoms with Crippen molar-refractivity contribution in [2.24, 2.45) is 0 Å². The number of benzene rings is 1. The highest BCUT2D eigenvalue weighted by Crippen LogP contribution is 2.39. The van der Waals surface area contributed by atoms with Crippen LogP contribution in [0.2, 0.25) is 0 Å². The fourth-order valence-corrected chi connectivity index (χ4v) is 3.86. The summed E-state index contributed by atoms with van der Waals surface area (Å²) >= 11 is 1.60. The number of ether oxygens (including phenoxy) is 3. The topological polar surface area (TPSA) is 83.3 Å². The summed E-state index contributed by atoms with van der Waals surface area (Å²) in [6, 6.07) is 5.75. The monoisotopic (exact) mass is 425 g/mol. The van der Waals surface area contributed by atoms with Crippen molar-refractivity contribution in [3.05, 3.63) is 41.9 Å². The maximum atomic E-state index is 5.45. The van der Waals surface area contributed by atoms with Gasteiger partial charge in [0, 0.05) is 18.1 Å². The molecule has 0 saturated carbocycles. The Morgan fingerprint density at radius 2 is 1.77 bits per heavy atom. The zero-order valence-electron chi connectivity index (χ0n) is 17.5. The maximum Gasteiger partial charge on any atom is 0.203 e. The van der Waals surface area contributed by atoms with Crippen LogP contribution in [-0.2, 0) is 0 Å². The second-order valence-corrected chi connectivity index (χ2v) is 7.79. The molecule has 0 saturated heterocycles. The van der Waals surface area contributed by atoms with Gasteiger partial charge in [0.25, 0.3) is 0 Å². The first-order valence-corrected chi connectivity index (χ1v) is 10.3. The van der Waals surface area contributed by atoms with E-state index >= 15 is 0 Å². The minimum absolute atomic E-state index is 0.230. The molecule has 0 unspecified atom stereocenters. The van der Waals surface area contributed by atoms with Crippen LogP contribution in [0, 0.1) is 0 Å². The van der Waals surface area contributed by atoms with E-state index in [4.69, 9.17) is 19.2 Å². The first-order valence-electron chi connectivity index (χ1n) is 9.40. The molecular formula is C21H23N5O3S. The molecule has 1 aromatic carbocycles. The van der Waals surface area contributed by atoms with Gasteiger partial charge in [-0.3, -0.25) is 0 Å². The molecule has 3 aromatic heterocycles. The number of nitrogens with zero attached hydrogens (tertiary/aromatic N) is 4. The lowest BCUT2D eigenvalue weighted by atomic mass is 10.2. The van der Waals surface area contributed by atoms with Crippen LogP contribution >= 0.6 is 11.3 Å². The van der Waals surface area contributed by atoms with Crippen LogP contribution < -0.4 is 19.5 Å². The van der Waals surface area contributed by atoms with E-state index in [9.17, 15) is 0 Å². The van der Waals surface area contributed by atoms with Gasteiger partial charge in [-0.2, -0.15) is 0 Å². The molecule has 156 valence electrons. The number of rotatable bonds is 7. The van der Waals surface area contributed by atoms with Crippen molar-refractivity contribution in [1.29, 1.82) is 0 Å². The Morgan fingerprint density at radius 1 is 1.03 bits per heavy atom. The van der Waals surface area contributed by atoms with Gasteiger partial charge in [-0.15, -0.1) is 11.3 Å². The molecule has 4 aromatic rings. The van der Waals surface area contributed by atoms with E-state index in [2.05, 4.69) is 29.1 Å². The van der Waals surface area contributed by atoms with Crippen LogP contribution in [0.1, 0.15) is 25.6 Å². The molecule has 0 amide bonds. The summed E-state index contributed by atoms with van der Waals surface area (Å²) in [7, 11) is 4.77. The van der Waals surface area contributed by atoms with Crippen molar-refractivity contribution in [1.82, 2.24) is 19.5 Å². The summed E-state index contributed by atoms with van der Waals surface area (Å²) in [5.74, 6) is 4.15. The number of imidazole rings is 1. The van der Waals surface area contributed by atoms with E-state index < -0.39 is 0 Å². The molecule has 4 rings (SSSR count). The normalized spacial score (nSPS) is 11.1. The van der Waals surface area contributed by atoms with E-state index in [1.54, 1.807) is 39.0 Å². The first-order chi connectivity index (χ1) is 14.5. The summed E-state index contributed by atoms with van der Waals surface area (Å²) in [6.45, 7) is 4.16. The third-order valence-corrected chi connectivity index (χ3v) is 5.44. The molecular weight excluding hydrogens is 402 g/mol. The Balaban J connectivity index is 1.69. The second kappa shape index (κ2) is 8.19. The highest BCUT2D eigenvalue weighted by atomic mass is 32.1. The van der Waals surface area contributed by atoms with E-state index in [-0.39, 0.29) is 5.92 Å². The minimum atomic E-state index is 0.230. The predicted molar refractivity (Wildman–Crippen MR) is 118 cm³/mol. The lowest BCUT2D eigenvalue weighted by Gasteiger charge is -2.14. The van der Waals surface area contributed by atoms with E-state index in [1.165, 1.54) is 0 Å². The average Bonchev–Trinajstić information content (AvgIpc) is 3.42. The van der Waals surface area contributed by atoms with E-state index in [0.29, 0.717) is 23.1 Å². The molecule has 3 heterocycles. The number of thiophene rings is 1. The lowest BCUT2D eigenvalue weighted by Crippen LogP contribution is -2.02. The highest BCUT2D eigenvalue weighted by molar-refractivity contribution is 7.16. The highest BCUT2D eigenvalue weighted by Gasteiger charge is 2.16. The van der Waals surface area contributed by atoms with E-state index in [0.717, 1.165) is 27.5 Å². The molecule has 0 aliphatic heterocycles. The molecule has 9 heteroatoms. The van der Waals surface area contributed by atoms with Gasteiger partial charge in [0.2, 0.25) is 5.75 Å². The Kier molecular flexibility index (Phi) is 5.45. The van der Waals surface area contributed by atoms with Gasteiger partial charge in [-0.05, 0) is 11.4 Å². The number of anilines is 2. The average molecular weight is 426 g/mol. The van der Waals surface area contributed by atoms with Gasteiger partial charge >= 0.3 is 0 Å². The minimum Gasteiger partial charge on any atom is -0.493 e. The van der Waals surface area contributed by atoms with Crippen molar-refractivity contribution in [3.8, 4) is 22.9 Å². The number of methoxy groups -OCH3 is 3. The standard InChI is InChI=1S/C21H23N5O3S/c1-12(2)19-24-20(14-6-7-30-21(14)25-19)23-17-10-26(11-22-17)13-8-15(27-3)18(29-5)16(9-13)28-4/h6-12H,1-5H3,(H,23,24,25). The third kappa shape index (κ3) is 3.63. The fourth-order valence-electron chi connectivity index (χ4n) is 3.09. The van der Waals surface area contributed by atoms with Gasteiger partial charge < -0.3 is 24.1 Å². The molecule has 0 bridgehead atoms. The Bertz CT molecular complexity index is 1160. The number of hydrogen-bond acceptors (Lipinski definition) is 8. The van der Waals surface area contributed by atoms with Crippen molar-refractivity contribution in [3.63, 3.8) is 0 Å². The summed E-state index contributed by atoms with van der Waals surface area (Å²) in [5.41, 5.74) is 0.830. The third-order valence-electron chi connectivity index (χ3n) is 4.64. The first kappa shape index (κ1) is 20.0. The molecule has 8 nitrogen and oxygen atoms in total. The van der Waals surface area contributed by atoms with Crippen molar-refractivity contribution >= 4 is 33.2 Å². The predicted octanol–water partition coefficient (Wildman–Crippen LogP) is 4.77. The molecule has 1 N–H and O–H groups in total. The van der Waals surface area contributed by atoms with Crippen LogP contribution in [0.3, 0.4) is 0 Å². The number of fused-ring (bicyclic) bond motifs is 1. The molecule has 0 aliphatic carbocycles. The zero-order valence-corrected chi connectivity index (χ0v) is 18.3. The largest absolute Gasteiger partial charge is 0.493 e. The quantitative estimate of drug-likeness (QED) is 0.457. The van der Waals surface area contributed by atoms with Crippen LogP contribution in [0.4, 0.5) is 11.6 Å². The molecule has 0 radical (unpaired) electrons. The zero-order chi connectivity index (χ0) is 21.3. The number of hydrogen-bond donors (Lipinski definition) is 1. The van der Waals surface area contributed by atoms with Gasteiger partial charge in [0.05, 0.1) is 38.6 Å². The van der Waals surface area contributed by atoms with Crippen molar-refractivity contribution in [2.45, 2.75) is 19.8 Å². The van der Waals surface area contributed by atoms with Crippen LogP contribution in [0.15, 0.2) is 36.1 Å². The van der Waals surface area contributed by atoms with Gasteiger partial charge in [-0.25, -0.2) is 15.0 Å². The Morgan fingerprint density at radius 3 is 2.40 bits per heavy atom. The summed E-state index contributed by atoms with van der Waals surface area (Å²) in [5, 5.41) is 6.33. The summed E-state index contributed by atoms with van der Waals surface area (Å²) < 4.78 is 18.2. The Labute approximate surface area is 178 Å². The van der Waals surface area contributed by atoms with Crippen LogP contribution in [0.25, 0.3) is 15.9 Å². The maximum absolute atomic E-state index is 5.45. The molecule has 30 heavy (non-hydrogen) atoms. The van der Waals surface area contributed by atoms with E-state index in [1.807, 2.05) is 34.3 Å². The Hall–Kier alpha value is -3.33.